The van der Waals surface area contributed by atoms with Gasteiger partial charge in [0.2, 0.25) is 0 Å². The van der Waals surface area contributed by atoms with Crippen molar-refractivity contribution in [2.24, 2.45) is 18.0 Å². The number of anilines is 1. The highest BCUT2D eigenvalue weighted by atomic mass is 16.7. The maximum Gasteiger partial charge on any atom is 0.284 e. The monoisotopic (exact) mass is 637 g/mol. The Morgan fingerprint density at radius 3 is 2.60 bits per heavy atom. The van der Waals surface area contributed by atoms with Gasteiger partial charge in [-0.2, -0.15) is 0 Å². The zero-order chi connectivity index (χ0) is 32.8. The third-order valence-electron chi connectivity index (χ3n) is 8.37. The molecule has 2 atom stereocenters. The Balaban J connectivity index is 1.10. The molecule has 244 valence electrons. The smallest absolute Gasteiger partial charge is 0.284 e. The third kappa shape index (κ3) is 7.21. The first-order valence-corrected chi connectivity index (χ1v) is 15.9. The number of amides is 1. The number of rotatable bonds is 11. The van der Waals surface area contributed by atoms with Crippen LogP contribution < -0.4 is 20.3 Å². The highest BCUT2D eigenvalue weighted by molar-refractivity contribution is 6.04. The highest BCUT2D eigenvalue weighted by Crippen LogP contribution is 2.39. The summed E-state index contributed by atoms with van der Waals surface area (Å²) < 4.78 is 27.2. The number of para-hydroxylation sites is 1. The summed E-state index contributed by atoms with van der Waals surface area (Å²) in [6.07, 6.45) is 7.86. The first-order chi connectivity index (χ1) is 22.9. The first-order valence-electron chi connectivity index (χ1n) is 15.9. The number of allylic oxidation sites excluding steroid dienone is 1. The lowest BCUT2D eigenvalue weighted by Crippen LogP contribution is -2.26. The fourth-order valence-electron chi connectivity index (χ4n) is 5.88. The van der Waals surface area contributed by atoms with Crippen LogP contribution in [0.2, 0.25) is 0 Å². The van der Waals surface area contributed by atoms with E-state index in [1.165, 1.54) is 10.9 Å². The standard InChI is InChI=1S/C36H39N5O6/c1-4-37-19-17-31(27-11-13-29(14-12-27)44-23-26-21-36(46-24-26)18-8-20-45-36)47-30-15-16-32(38-22-30)39-34(42)33-25(2)40(3)41(35(33)43)28-9-6-5-7-10-28/h5-7,9-17,19,22,26H,4,8,18,20-21,23-24H2,1-3H3,(H,38,39,42)/b31-17+,37-19?. The van der Waals surface area contributed by atoms with Gasteiger partial charge in [0.25, 0.3) is 11.5 Å². The van der Waals surface area contributed by atoms with Crippen LogP contribution in [0.4, 0.5) is 5.82 Å². The molecule has 1 amide bonds. The molecular formula is C36H39N5O6. The SMILES string of the molecule is CCN=C/C=C(/Oc1ccc(NC(=O)c2c(C)n(C)n(-c3ccccc3)c2=O)nc1)c1ccc(OCC2COC3(CCCO3)C2)cc1. The van der Waals surface area contributed by atoms with Crippen LogP contribution in [0.5, 0.6) is 11.5 Å². The van der Waals surface area contributed by atoms with Crippen molar-refractivity contribution < 1.29 is 23.7 Å². The summed E-state index contributed by atoms with van der Waals surface area (Å²) in [6, 6.07) is 20.2. The number of hydrogen-bond acceptors (Lipinski definition) is 8. The molecule has 1 N–H and O–H groups in total. The average Bonchev–Trinajstić information content (AvgIpc) is 3.78. The Hall–Kier alpha value is -5.00. The summed E-state index contributed by atoms with van der Waals surface area (Å²) in [6.45, 7) is 6.30. The van der Waals surface area contributed by atoms with Crippen molar-refractivity contribution >= 4 is 23.7 Å². The van der Waals surface area contributed by atoms with Crippen LogP contribution in [-0.2, 0) is 16.5 Å². The Bertz CT molecular complexity index is 1800. The summed E-state index contributed by atoms with van der Waals surface area (Å²) in [5, 5.41) is 2.74. The predicted octanol–water partition coefficient (Wildman–Crippen LogP) is 5.56. The highest BCUT2D eigenvalue weighted by Gasteiger charge is 2.44. The van der Waals surface area contributed by atoms with E-state index in [0.717, 1.165) is 37.2 Å². The van der Waals surface area contributed by atoms with Gasteiger partial charge in [0.05, 0.1) is 37.4 Å². The van der Waals surface area contributed by atoms with Crippen molar-refractivity contribution in [2.45, 2.75) is 38.9 Å². The minimum Gasteiger partial charge on any atom is -0.493 e. The van der Waals surface area contributed by atoms with Crippen molar-refractivity contribution in [1.29, 1.82) is 0 Å². The van der Waals surface area contributed by atoms with Crippen LogP contribution in [0.15, 0.2) is 88.8 Å². The summed E-state index contributed by atoms with van der Waals surface area (Å²) >= 11 is 0. The van der Waals surface area contributed by atoms with Gasteiger partial charge in [0, 0.05) is 44.1 Å². The quantitative estimate of drug-likeness (QED) is 0.169. The van der Waals surface area contributed by atoms with Gasteiger partial charge in [-0.25, -0.2) is 9.67 Å². The number of nitrogens with one attached hydrogen (secondary N) is 1. The van der Waals surface area contributed by atoms with Gasteiger partial charge in [-0.05, 0) is 74.9 Å². The van der Waals surface area contributed by atoms with Crippen LogP contribution in [0.1, 0.15) is 47.8 Å². The van der Waals surface area contributed by atoms with Crippen molar-refractivity contribution in [3.63, 3.8) is 0 Å². The van der Waals surface area contributed by atoms with Gasteiger partial charge in [-0.15, -0.1) is 0 Å². The normalized spacial score (nSPS) is 19.5. The minimum absolute atomic E-state index is 0.0506. The van der Waals surface area contributed by atoms with E-state index in [1.54, 1.807) is 43.1 Å². The van der Waals surface area contributed by atoms with Crippen LogP contribution in [-0.4, -0.2) is 58.6 Å². The number of pyridine rings is 1. The van der Waals surface area contributed by atoms with E-state index in [4.69, 9.17) is 18.9 Å². The summed E-state index contributed by atoms with van der Waals surface area (Å²) in [4.78, 5) is 35.1. The molecule has 0 radical (unpaired) electrons. The number of carbonyl (C=O) groups excluding carboxylic acids is 1. The topological polar surface area (TPSA) is 118 Å². The second-order valence-corrected chi connectivity index (χ2v) is 11.6. The Morgan fingerprint density at radius 2 is 1.89 bits per heavy atom. The van der Waals surface area contributed by atoms with E-state index < -0.39 is 17.3 Å². The fraction of sp³-hybridized carbons (Fsp3) is 0.333. The molecular weight excluding hydrogens is 598 g/mol. The van der Waals surface area contributed by atoms with Crippen molar-refractivity contribution in [3.8, 4) is 17.2 Å². The zero-order valence-corrected chi connectivity index (χ0v) is 26.8. The van der Waals surface area contributed by atoms with Crippen molar-refractivity contribution in [2.75, 3.05) is 31.7 Å². The van der Waals surface area contributed by atoms with Crippen LogP contribution >= 0.6 is 0 Å². The van der Waals surface area contributed by atoms with Crippen molar-refractivity contribution in [1.82, 2.24) is 14.3 Å². The van der Waals surface area contributed by atoms with E-state index >= 15 is 0 Å². The number of nitrogens with zero attached hydrogens (tertiary/aromatic N) is 4. The van der Waals surface area contributed by atoms with Gasteiger partial charge in [0.1, 0.15) is 28.6 Å². The first kappa shape index (κ1) is 32.0. The number of aliphatic imine (C=N–C) groups is 1. The molecule has 6 rings (SSSR count). The minimum atomic E-state index is -0.538. The van der Waals surface area contributed by atoms with E-state index in [0.29, 0.717) is 48.6 Å². The Kier molecular flexibility index (Phi) is 9.65. The number of aromatic nitrogens is 3. The maximum atomic E-state index is 13.2. The number of hydrogen-bond donors (Lipinski definition) is 1. The van der Waals surface area contributed by atoms with Gasteiger partial charge < -0.3 is 24.3 Å². The molecule has 11 nitrogen and oxygen atoms in total. The second kappa shape index (κ2) is 14.2. The Labute approximate surface area is 273 Å². The Morgan fingerprint density at radius 1 is 1.11 bits per heavy atom. The van der Waals surface area contributed by atoms with Gasteiger partial charge in [-0.3, -0.25) is 19.3 Å². The molecule has 4 aromatic rings. The molecule has 0 bridgehead atoms. The molecule has 2 unspecified atom stereocenters. The molecule has 2 fully saturated rings. The zero-order valence-electron chi connectivity index (χ0n) is 26.8. The van der Waals surface area contributed by atoms with E-state index in [-0.39, 0.29) is 11.4 Å². The van der Waals surface area contributed by atoms with Crippen LogP contribution in [0, 0.1) is 12.8 Å². The lowest BCUT2D eigenvalue weighted by Gasteiger charge is -2.21. The van der Waals surface area contributed by atoms with E-state index in [9.17, 15) is 9.59 Å². The van der Waals surface area contributed by atoms with Crippen molar-refractivity contribution in [3.05, 3.63) is 106 Å². The lowest BCUT2D eigenvalue weighted by atomic mass is 10.0. The van der Waals surface area contributed by atoms with Crippen LogP contribution in [0.3, 0.4) is 0 Å². The number of ether oxygens (including phenoxy) is 4. The predicted molar refractivity (Wildman–Crippen MR) is 179 cm³/mol. The molecule has 11 heteroatoms. The lowest BCUT2D eigenvalue weighted by molar-refractivity contribution is -0.178. The summed E-state index contributed by atoms with van der Waals surface area (Å²) in [5.74, 6) is 1.43. The molecule has 1 spiro atoms. The molecule has 2 aromatic carbocycles. The van der Waals surface area contributed by atoms with Gasteiger partial charge >= 0.3 is 0 Å². The van der Waals surface area contributed by atoms with Gasteiger partial charge in [0.15, 0.2) is 5.79 Å². The van der Waals surface area contributed by atoms with E-state index in [2.05, 4.69) is 15.3 Å². The number of benzene rings is 2. The maximum absolute atomic E-state index is 13.2. The van der Waals surface area contributed by atoms with E-state index in [1.807, 2.05) is 61.5 Å². The average molecular weight is 638 g/mol. The molecule has 4 heterocycles. The second-order valence-electron chi connectivity index (χ2n) is 11.6. The molecule has 47 heavy (non-hydrogen) atoms. The molecule has 0 aliphatic carbocycles. The number of carbonyl (C=O) groups is 1. The van der Waals surface area contributed by atoms with Crippen LogP contribution in [0.25, 0.3) is 11.4 Å². The molecule has 2 saturated heterocycles. The fourth-order valence-corrected chi connectivity index (χ4v) is 5.88. The molecule has 2 aromatic heterocycles. The summed E-state index contributed by atoms with van der Waals surface area (Å²) in [5.41, 5.74) is 1.68. The molecule has 2 aliphatic heterocycles. The molecule has 0 saturated carbocycles. The molecule has 2 aliphatic rings. The summed E-state index contributed by atoms with van der Waals surface area (Å²) in [7, 11) is 1.74. The largest absolute Gasteiger partial charge is 0.493 e. The third-order valence-corrected chi connectivity index (χ3v) is 8.37. The van der Waals surface area contributed by atoms with Gasteiger partial charge in [-0.1, -0.05) is 18.2 Å².